The van der Waals surface area contributed by atoms with E-state index in [1.165, 1.54) is 35.5 Å². The van der Waals surface area contributed by atoms with Gasteiger partial charge in [-0.25, -0.2) is 4.98 Å². The molecule has 0 bridgehead atoms. The molecule has 2 aromatic heterocycles. The number of aromatic nitrogens is 4. The third-order valence-electron chi connectivity index (χ3n) is 4.84. The first kappa shape index (κ1) is 23.8. The van der Waals surface area contributed by atoms with Crippen LogP contribution in [-0.4, -0.2) is 32.4 Å². The van der Waals surface area contributed by atoms with Gasteiger partial charge in [-0.05, 0) is 18.2 Å². The summed E-state index contributed by atoms with van der Waals surface area (Å²) in [5.41, 5.74) is 0.0957. The van der Waals surface area contributed by atoms with Gasteiger partial charge in [-0.1, -0.05) is 43.0 Å². The van der Waals surface area contributed by atoms with Crippen LogP contribution in [0.5, 0.6) is 0 Å². The van der Waals surface area contributed by atoms with Crippen LogP contribution in [0.25, 0.3) is 11.5 Å². The minimum Gasteiger partial charge on any atom is -0.355 e. The summed E-state index contributed by atoms with van der Waals surface area (Å²) in [6.45, 7) is 7.49. The zero-order valence-electron chi connectivity index (χ0n) is 18.0. The molecule has 0 atom stereocenters. The molecule has 0 saturated heterocycles. The molecule has 0 radical (unpaired) electrons. The van der Waals surface area contributed by atoms with E-state index in [1.807, 2.05) is 0 Å². The van der Waals surface area contributed by atoms with E-state index >= 15 is 0 Å². The Bertz CT molecular complexity index is 1370. The monoisotopic (exact) mass is 498 g/mol. The molecule has 0 unspecified atom stereocenters. The molecule has 35 heavy (non-hydrogen) atoms. The predicted molar refractivity (Wildman–Crippen MR) is 129 cm³/mol. The van der Waals surface area contributed by atoms with Gasteiger partial charge in [0, 0.05) is 40.1 Å². The Labute approximate surface area is 203 Å². The van der Waals surface area contributed by atoms with Crippen LogP contribution in [-0.2, 0) is 0 Å². The lowest BCUT2D eigenvalue weighted by Crippen LogP contribution is -2.30. The number of benzene rings is 1. The van der Waals surface area contributed by atoms with E-state index in [2.05, 4.69) is 44.3 Å². The van der Waals surface area contributed by atoms with Crippen molar-refractivity contribution in [2.45, 2.75) is 6.18 Å². The summed E-state index contributed by atoms with van der Waals surface area (Å²) in [4.78, 5) is 5.35. The Morgan fingerprint density at radius 2 is 1.89 bits per heavy atom. The molecule has 3 aromatic rings. The van der Waals surface area contributed by atoms with Crippen molar-refractivity contribution in [1.29, 1.82) is 5.41 Å². The Morgan fingerprint density at radius 3 is 2.54 bits per heavy atom. The second-order valence-corrected chi connectivity index (χ2v) is 7.67. The Balaban J connectivity index is 1.67. The van der Waals surface area contributed by atoms with Gasteiger partial charge in [0.15, 0.2) is 5.82 Å². The summed E-state index contributed by atoms with van der Waals surface area (Å²) in [6, 6.07) is 8.30. The van der Waals surface area contributed by atoms with Crippen LogP contribution in [0.3, 0.4) is 0 Å². The van der Waals surface area contributed by atoms with Crippen LogP contribution in [0, 0.1) is 5.41 Å². The van der Waals surface area contributed by atoms with Gasteiger partial charge in [0.2, 0.25) is 0 Å². The van der Waals surface area contributed by atoms with Crippen LogP contribution >= 0.6 is 11.6 Å². The second-order valence-electron chi connectivity index (χ2n) is 7.26. The fourth-order valence-electron chi connectivity index (χ4n) is 3.34. The lowest BCUT2D eigenvalue weighted by molar-refractivity contribution is -0.0955. The first-order valence-electron chi connectivity index (χ1n) is 10.0. The molecule has 4 rings (SSSR count). The van der Waals surface area contributed by atoms with E-state index in [9.17, 15) is 13.2 Å². The highest BCUT2D eigenvalue weighted by Gasteiger charge is 2.38. The third-order valence-corrected chi connectivity index (χ3v) is 5.12. The summed E-state index contributed by atoms with van der Waals surface area (Å²) in [5, 5.41) is 23.9. The zero-order chi connectivity index (χ0) is 25.2. The van der Waals surface area contributed by atoms with Crippen LogP contribution in [0.1, 0.15) is 5.56 Å². The fourth-order valence-corrected chi connectivity index (χ4v) is 3.58. The van der Waals surface area contributed by atoms with Gasteiger partial charge in [0.25, 0.3) is 0 Å². The van der Waals surface area contributed by atoms with Crippen molar-refractivity contribution in [1.82, 2.24) is 25.3 Å². The van der Waals surface area contributed by atoms with E-state index < -0.39 is 17.4 Å². The number of nitrogens with zero attached hydrogens (tertiary/aromatic N) is 4. The number of hydrogen-bond donors (Lipinski definition) is 4. The standard InChI is InChI=1S/C23H18ClF3N8/c1-13-9-20(16-5-3-4-6-19(16)32-13)34-21(23(25,26)27)17(11-28)14(2)33-15-10-18(24)22(29-12-15)35-30-7-8-31-35/h3-12,28,32-34H,1-2H2/b21-17+,28-11?. The zero-order valence-corrected chi connectivity index (χ0v) is 18.7. The highest BCUT2D eigenvalue weighted by molar-refractivity contribution is 6.32. The van der Waals surface area contributed by atoms with Crippen molar-refractivity contribution in [2.75, 3.05) is 10.6 Å². The van der Waals surface area contributed by atoms with Crippen LogP contribution < -0.4 is 16.0 Å². The highest BCUT2D eigenvalue weighted by Crippen LogP contribution is 2.34. The number of hydrogen-bond acceptors (Lipinski definition) is 7. The number of rotatable bonds is 7. The topological polar surface area (TPSA) is 104 Å². The maximum atomic E-state index is 14.2. The number of para-hydroxylation sites is 1. The minimum atomic E-state index is -4.83. The third kappa shape index (κ3) is 5.09. The van der Waals surface area contributed by atoms with Crippen molar-refractivity contribution in [3.63, 3.8) is 0 Å². The lowest BCUT2D eigenvalue weighted by Gasteiger charge is -2.25. The van der Waals surface area contributed by atoms with Crippen molar-refractivity contribution in [2.24, 2.45) is 0 Å². The summed E-state index contributed by atoms with van der Waals surface area (Å²) in [5.74, 6) is 0.241. The minimum absolute atomic E-state index is 0.156. The number of pyridine rings is 1. The van der Waals surface area contributed by atoms with E-state index in [1.54, 1.807) is 24.3 Å². The maximum Gasteiger partial charge on any atom is 0.431 e. The van der Waals surface area contributed by atoms with Crippen LogP contribution in [0.2, 0.25) is 5.02 Å². The molecule has 0 fully saturated rings. The molecule has 178 valence electrons. The number of fused-ring (bicyclic) bond motifs is 1. The molecule has 3 heterocycles. The summed E-state index contributed by atoms with van der Waals surface area (Å²) < 4.78 is 42.5. The quantitative estimate of drug-likeness (QED) is 0.261. The smallest absolute Gasteiger partial charge is 0.355 e. The second kappa shape index (κ2) is 9.47. The van der Waals surface area contributed by atoms with Gasteiger partial charge in [-0.3, -0.25) is 0 Å². The van der Waals surface area contributed by atoms with Gasteiger partial charge >= 0.3 is 6.18 Å². The number of anilines is 2. The molecule has 1 aromatic carbocycles. The van der Waals surface area contributed by atoms with E-state index in [-0.39, 0.29) is 27.9 Å². The molecular formula is C23H18ClF3N8. The maximum absolute atomic E-state index is 14.2. The first-order valence-corrected chi connectivity index (χ1v) is 10.4. The summed E-state index contributed by atoms with van der Waals surface area (Å²) in [6.07, 6.45) is 1.44. The molecule has 12 heteroatoms. The number of nitrogens with one attached hydrogen (secondary N) is 4. The van der Waals surface area contributed by atoms with Gasteiger partial charge in [0.1, 0.15) is 5.70 Å². The summed E-state index contributed by atoms with van der Waals surface area (Å²) in [7, 11) is 0. The SMILES string of the molecule is C=C1C=C(N/C(=C(\C=N)C(=C)Nc2cnc(-n3nccn3)c(Cl)c2)C(F)(F)F)c2ccccc2N1. The first-order chi connectivity index (χ1) is 16.7. The molecule has 1 aliphatic rings. The molecule has 0 aliphatic carbocycles. The Kier molecular flexibility index (Phi) is 6.43. The highest BCUT2D eigenvalue weighted by atomic mass is 35.5. The average molecular weight is 499 g/mol. The molecule has 4 N–H and O–H groups in total. The van der Waals surface area contributed by atoms with Gasteiger partial charge < -0.3 is 21.4 Å². The van der Waals surface area contributed by atoms with Gasteiger partial charge in [-0.15, -0.1) is 4.80 Å². The number of allylic oxidation sites excluding steroid dienone is 3. The van der Waals surface area contributed by atoms with Crippen molar-refractivity contribution >= 4 is 34.9 Å². The average Bonchev–Trinajstić information content (AvgIpc) is 3.33. The van der Waals surface area contributed by atoms with E-state index in [0.29, 0.717) is 23.2 Å². The van der Waals surface area contributed by atoms with Gasteiger partial charge in [-0.2, -0.15) is 23.4 Å². The van der Waals surface area contributed by atoms with Crippen molar-refractivity contribution < 1.29 is 13.2 Å². The number of alkyl halides is 3. The predicted octanol–water partition coefficient (Wildman–Crippen LogP) is 5.28. The normalized spacial score (nSPS) is 13.7. The van der Waals surface area contributed by atoms with Crippen LogP contribution in [0.4, 0.5) is 24.5 Å². The van der Waals surface area contributed by atoms with Crippen molar-refractivity contribution in [3.05, 3.63) is 101 Å². The summed E-state index contributed by atoms with van der Waals surface area (Å²) >= 11 is 6.24. The largest absolute Gasteiger partial charge is 0.431 e. The van der Waals surface area contributed by atoms with Gasteiger partial charge in [0.05, 0.1) is 29.3 Å². The Morgan fingerprint density at radius 1 is 1.17 bits per heavy atom. The molecule has 0 spiro atoms. The Hall–Kier alpha value is -4.38. The number of halogens is 4. The lowest BCUT2D eigenvalue weighted by atomic mass is 10.0. The molecule has 0 amide bonds. The van der Waals surface area contributed by atoms with Crippen molar-refractivity contribution in [3.8, 4) is 5.82 Å². The molecule has 0 saturated carbocycles. The molecular weight excluding hydrogens is 481 g/mol. The van der Waals surface area contributed by atoms with E-state index in [0.717, 1.165) is 0 Å². The fraction of sp³-hybridized carbons (Fsp3) is 0.0435. The molecule has 8 nitrogen and oxygen atoms in total. The van der Waals surface area contributed by atoms with E-state index in [4.69, 9.17) is 17.0 Å². The van der Waals surface area contributed by atoms with Crippen LogP contribution in [0.15, 0.2) is 90.8 Å². The molecule has 1 aliphatic heterocycles.